The molecule has 0 fully saturated rings. The molecule has 0 radical (unpaired) electrons. The molecule has 20 heavy (non-hydrogen) atoms. The number of rotatable bonds is 3. The van der Waals surface area contributed by atoms with Crippen molar-refractivity contribution in [3.8, 4) is 0 Å². The van der Waals surface area contributed by atoms with Gasteiger partial charge in [-0.15, -0.1) is 0 Å². The summed E-state index contributed by atoms with van der Waals surface area (Å²) in [6.45, 7) is 0.483. The van der Waals surface area contributed by atoms with Crippen molar-refractivity contribution < 1.29 is 22.3 Å². The average Bonchev–Trinajstić information content (AvgIpc) is 2.41. The average molecular weight is 290 g/mol. The van der Waals surface area contributed by atoms with E-state index < -0.39 is 23.6 Å². The maximum atomic E-state index is 13.3. The topological polar surface area (TPSA) is 47.3 Å². The molecule has 1 unspecified atom stereocenters. The van der Waals surface area contributed by atoms with Crippen LogP contribution in [0, 0.1) is 5.82 Å². The number of ether oxygens (including phenoxy) is 1. The van der Waals surface area contributed by atoms with E-state index in [0.717, 1.165) is 25.0 Å². The Bertz CT molecular complexity index is 514. The molecule has 7 heteroatoms. The van der Waals surface area contributed by atoms with E-state index in [9.17, 15) is 17.6 Å². The maximum Gasteiger partial charge on any atom is 0.419 e. The van der Waals surface area contributed by atoms with E-state index >= 15 is 0 Å². The monoisotopic (exact) mass is 290 g/mol. The van der Waals surface area contributed by atoms with Crippen molar-refractivity contribution in [2.24, 2.45) is 5.84 Å². The molecule has 0 amide bonds. The molecule has 3 nitrogen and oxygen atoms in total. The Morgan fingerprint density at radius 2 is 2.05 bits per heavy atom. The summed E-state index contributed by atoms with van der Waals surface area (Å²) in [5, 5.41) is 0. The third-order valence-electron chi connectivity index (χ3n) is 3.04. The molecule has 1 heterocycles. The fourth-order valence-corrected chi connectivity index (χ4v) is 2.06. The lowest BCUT2D eigenvalue weighted by Gasteiger charge is -2.24. The lowest BCUT2D eigenvalue weighted by molar-refractivity contribution is -0.140. The zero-order valence-corrected chi connectivity index (χ0v) is 10.5. The summed E-state index contributed by atoms with van der Waals surface area (Å²) in [4.78, 5) is 0. The van der Waals surface area contributed by atoms with Crippen LogP contribution in [0.15, 0.2) is 30.0 Å². The highest BCUT2D eigenvalue weighted by atomic mass is 19.4. The van der Waals surface area contributed by atoms with Crippen LogP contribution < -0.4 is 11.3 Å². The number of hydrazine groups is 1. The lowest BCUT2D eigenvalue weighted by Crippen LogP contribution is -2.31. The first kappa shape index (κ1) is 14.8. The number of benzene rings is 1. The lowest BCUT2D eigenvalue weighted by atomic mass is 10.0. The molecule has 1 aliphatic heterocycles. The fourth-order valence-electron chi connectivity index (χ4n) is 2.06. The van der Waals surface area contributed by atoms with Crippen molar-refractivity contribution in [2.45, 2.75) is 25.1 Å². The molecule has 0 saturated heterocycles. The summed E-state index contributed by atoms with van der Waals surface area (Å²) in [7, 11) is 0. The SMILES string of the molecule is NNC(C1=CCCCO1)c1ccc(F)c(C(F)(F)F)c1. The van der Waals surface area contributed by atoms with Gasteiger partial charge in [-0.25, -0.2) is 9.82 Å². The van der Waals surface area contributed by atoms with E-state index in [0.29, 0.717) is 12.4 Å². The highest BCUT2D eigenvalue weighted by Crippen LogP contribution is 2.34. The van der Waals surface area contributed by atoms with Gasteiger partial charge in [0.1, 0.15) is 17.6 Å². The smallest absolute Gasteiger partial charge is 0.419 e. The Kier molecular flexibility index (Phi) is 4.29. The van der Waals surface area contributed by atoms with Crippen molar-refractivity contribution in [3.63, 3.8) is 0 Å². The van der Waals surface area contributed by atoms with Gasteiger partial charge in [-0.3, -0.25) is 5.84 Å². The third kappa shape index (κ3) is 3.10. The Hall–Kier alpha value is -1.60. The number of alkyl halides is 3. The van der Waals surface area contributed by atoms with Crippen molar-refractivity contribution >= 4 is 0 Å². The van der Waals surface area contributed by atoms with Gasteiger partial charge in [0.15, 0.2) is 0 Å². The molecule has 0 spiro atoms. The number of nitrogens with two attached hydrogens (primary N) is 1. The van der Waals surface area contributed by atoms with Crippen LogP contribution in [0.1, 0.15) is 30.0 Å². The second-order valence-corrected chi connectivity index (χ2v) is 4.43. The van der Waals surface area contributed by atoms with Gasteiger partial charge in [-0.2, -0.15) is 13.2 Å². The van der Waals surface area contributed by atoms with Crippen LogP contribution in [-0.4, -0.2) is 6.61 Å². The Balaban J connectivity index is 2.38. The number of hydrogen-bond acceptors (Lipinski definition) is 3. The third-order valence-corrected chi connectivity index (χ3v) is 3.04. The summed E-state index contributed by atoms with van der Waals surface area (Å²) in [5.74, 6) is 4.53. The number of halogens is 4. The molecule has 0 aliphatic carbocycles. The van der Waals surface area contributed by atoms with Crippen LogP contribution in [0.2, 0.25) is 0 Å². The molecule has 0 saturated carbocycles. The highest BCUT2D eigenvalue weighted by Gasteiger charge is 2.35. The first-order valence-corrected chi connectivity index (χ1v) is 6.09. The molecule has 2 rings (SSSR count). The molecule has 0 bridgehead atoms. The Morgan fingerprint density at radius 1 is 1.30 bits per heavy atom. The van der Waals surface area contributed by atoms with Gasteiger partial charge in [0.2, 0.25) is 0 Å². The minimum Gasteiger partial charge on any atom is -0.496 e. The zero-order chi connectivity index (χ0) is 14.8. The van der Waals surface area contributed by atoms with Gasteiger partial charge in [0, 0.05) is 0 Å². The summed E-state index contributed by atoms with van der Waals surface area (Å²) >= 11 is 0. The van der Waals surface area contributed by atoms with Crippen molar-refractivity contribution in [2.75, 3.05) is 6.61 Å². The van der Waals surface area contributed by atoms with E-state index in [-0.39, 0.29) is 5.56 Å². The van der Waals surface area contributed by atoms with Crippen LogP contribution >= 0.6 is 0 Å². The predicted molar refractivity (Wildman–Crippen MR) is 64.7 cm³/mol. The Labute approximate surface area is 113 Å². The number of allylic oxidation sites excluding steroid dienone is 1. The van der Waals surface area contributed by atoms with Crippen LogP contribution in [0.4, 0.5) is 17.6 Å². The van der Waals surface area contributed by atoms with Crippen LogP contribution in [0.3, 0.4) is 0 Å². The molecule has 1 aromatic rings. The maximum absolute atomic E-state index is 13.3. The zero-order valence-electron chi connectivity index (χ0n) is 10.5. The molecule has 1 atom stereocenters. The second-order valence-electron chi connectivity index (χ2n) is 4.43. The fraction of sp³-hybridized carbons (Fsp3) is 0.385. The summed E-state index contributed by atoms with van der Waals surface area (Å²) in [6.07, 6.45) is -1.37. The van der Waals surface area contributed by atoms with Crippen molar-refractivity contribution in [1.29, 1.82) is 0 Å². The molecule has 0 aromatic heterocycles. The molecular weight excluding hydrogens is 276 g/mol. The van der Waals surface area contributed by atoms with Gasteiger partial charge < -0.3 is 4.74 Å². The number of hydrogen-bond donors (Lipinski definition) is 2. The Morgan fingerprint density at radius 3 is 2.60 bits per heavy atom. The van der Waals surface area contributed by atoms with Crippen LogP contribution in [-0.2, 0) is 10.9 Å². The van der Waals surface area contributed by atoms with E-state index in [1.54, 1.807) is 6.08 Å². The van der Waals surface area contributed by atoms with Gasteiger partial charge in [-0.05, 0) is 36.6 Å². The summed E-state index contributed by atoms with van der Waals surface area (Å²) in [5.41, 5.74) is 1.29. The van der Waals surface area contributed by atoms with Crippen molar-refractivity contribution in [3.05, 3.63) is 47.0 Å². The first-order chi connectivity index (χ1) is 9.43. The molecular formula is C13H14F4N2O. The van der Waals surface area contributed by atoms with Gasteiger partial charge >= 0.3 is 6.18 Å². The predicted octanol–water partition coefficient (Wildman–Crippen LogP) is 3.04. The van der Waals surface area contributed by atoms with Crippen LogP contribution in [0.25, 0.3) is 0 Å². The van der Waals surface area contributed by atoms with E-state index in [2.05, 4.69) is 5.43 Å². The van der Waals surface area contributed by atoms with Crippen LogP contribution in [0.5, 0.6) is 0 Å². The quantitative estimate of drug-likeness (QED) is 0.511. The second kappa shape index (κ2) is 5.80. The van der Waals surface area contributed by atoms with Gasteiger partial charge in [-0.1, -0.05) is 6.07 Å². The van der Waals surface area contributed by atoms with E-state index in [1.807, 2.05) is 0 Å². The first-order valence-electron chi connectivity index (χ1n) is 6.09. The number of nitrogens with one attached hydrogen (secondary N) is 1. The largest absolute Gasteiger partial charge is 0.496 e. The van der Waals surface area contributed by atoms with Gasteiger partial charge in [0.05, 0.1) is 12.2 Å². The summed E-state index contributed by atoms with van der Waals surface area (Å²) < 4.78 is 56.7. The normalized spacial score (nSPS) is 17.4. The highest BCUT2D eigenvalue weighted by molar-refractivity contribution is 5.33. The molecule has 110 valence electrons. The summed E-state index contributed by atoms with van der Waals surface area (Å²) in [6, 6.07) is 2.07. The molecule has 1 aliphatic rings. The minimum atomic E-state index is -4.75. The standard InChI is InChI=1S/C13H14F4N2O/c14-10-5-4-8(7-9(10)13(15,16)17)12(19-18)11-3-1-2-6-20-11/h3-5,7,12,19H,1-2,6,18H2. The van der Waals surface area contributed by atoms with Gasteiger partial charge in [0.25, 0.3) is 0 Å². The van der Waals surface area contributed by atoms with Crippen molar-refractivity contribution in [1.82, 2.24) is 5.43 Å². The van der Waals surface area contributed by atoms with E-state index in [1.165, 1.54) is 6.07 Å². The minimum absolute atomic E-state index is 0.203. The van der Waals surface area contributed by atoms with E-state index in [4.69, 9.17) is 10.6 Å². The molecule has 3 N–H and O–H groups in total. The molecule has 1 aromatic carbocycles.